The fraction of sp³-hybridized carbons (Fsp3) is 0.429. The van der Waals surface area contributed by atoms with Crippen molar-refractivity contribution in [2.75, 3.05) is 39.0 Å². The Morgan fingerprint density at radius 1 is 1.30 bits per heavy atom. The quantitative estimate of drug-likeness (QED) is 0.595. The van der Waals surface area contributed by atoms with Crippen LogP contribution in [0.15, 0.2) is 24.3 Å². The molecule has 0 aliphatic heterocycles. The van der Waals surface area contributed by atoms with Crippen LogP contribution in [0.4, 0.5) is 5.69 Å². The highest BCUT2D eigenvalue weighted by molar-refractivity contribution is 6.03. The molecule has 1 rings (SSSR count). The maximum absolute atomic E-state index is 11.9. The van der Waals surface area contributed by atoms with Crippen LogP contribution in [0.1, 0.15) is 16.8 Å². The fourth-order valence-electron chi connectivity index (χ4n) is 1.85. The molecule has 0 unspecified atom stereocenters. The highest BCUT2D eigenvalue weighted by Crippen LogP contribution is 2.13. The molecule has 1 aromatic carbocycles. The van der Waals surface area contributed by atoms with Gasteiger partial charge in [-0.3, -0.25) is 14.5 Å². The molecule has 4 N–H and O–H groups in total. The summed E-state index contributed by atoms with van der Waals surface area (Å²) in [5.74, 6) is -0.714. The van der Waals surface area contributed by atoms with Gasteiger partial charge in [0.05, 0.1) is 17.8 Å². The summed E-state index contributed by atoms with van der Waals surface area (Å²) in [7, 11) is 3.78. The van der Waals surface area contributed by atoms with Gasteiger partial charge in [0.25, 0.3) is 5.91 Å². The number of benzene rings is 1. The number of amides is 2. The summed E-state index contributed by atoms with van der Waals surface area (Å²) < 4.78 is 0. The van der Waals surface area contributed by atoms with Gasteiger partial charge in [-0.15, -0.1) is 0 Å². The molecule has 0 atom stereocenters. The van der Waals surface area contributed by atoms with Crippen molar-refractivity contribution in [3.05, 3.63) is 29.8 Å². The van der Waals surface area contributed by atoms with Crippen LogP contribution < -0.4 is 16.4 Å². The number of anilines is 1. The zero-order valence-electron chi connectivity index (χ0n) is 12.0. The lowest BCUT2D eigenvalue weighted by molar-refractivity contribution is -0.117. The lowest BCUT2D eigenvalue weighted by Crippen LogP contribution is -2.32. The third kappa shape index (κ3) is 5.38. The normalized spacial score (nSPS) is 10.6. The topological polar surface area (TPSA) is 87.5 Å². The summed E-state index contributed by atoms with van der Waals surface area (Å²) in [5, 5.41) is 5.77. The number of carbonyl (C=O) groups is 2. The number of primary amides is 1. The second kappa shape index (κ2) is 8.29. The van der Waals surface area contributed by atoms with Gasteiger partial charge in [-0.05, 0) is 45.7 Å². The monoisotopic (exact) mass is 278 g/mol. The predicted molar refractivity (Wildman–Crippen MR) is 79.6 cm³/mol. The number of hydrogen-bond acceptors (Lipinski definition) is 4. The molecule has 1 aromatic rings. The van der Waals surface area contributed by atoms with Crippen LogP contribution in [-0.2, 0) is 4.79 Å². The average molecular weight is 278 g/mol. The van der Waals surface area contributed by atoms with Gasteiger partial charge in [0.1, 0.15) is 0 Å². The molecule has 0 heterocycles. The predicted octanol–water partition coefficient (Wildman–Crippen LogP) is 0.265. The van der Waals surface area contributed by atoms with Crippen LogP contribution in [-0.4, -0.2) is 50.4 Å². The first-order valence-corrected chi connectivity index (χ1v) is 6.56. The number of hydrogen-bond donors (Lipinski definition) is 3. The Morgan fingerprint density at radius 2 is 2.00 bits per heavy atom. The molecule has 6 heteroatoms. The maximum Gasteiger partial charge on any atom is 0.250 e. The number of likely N-dealkylation sites (N-methyl/N-ethyl adjacent to an activating group) is 1. The van der Waals surface area contributed by atoms with Crippen LogP contribution in [0, 0.1) is 0 Å². The van der Waals surface area contributed by atoms with Gasteiger partial charge in [0.2, 0.25) is 5.91 Å². The second-order valence-corrected chi connectivity index (χ2v) is 4.65. The highest BCUT2D eigenvalue weighted by atomic mass is 16.2. The van der Waals surface area contributed by atoms with E-state index in [9.17, 15) is 9.59 Å². The first kappa shape index (κ1) is 16.1. The maximum atomic E-state index is 11.9. The molecule has 0 bridgehead atoms. The summed E-state index contributed by atoms with van der Waals surface area (Å²) in [5.41, 5.74) is 6.04. The van der Waals surface area contributed by atoms with Crippen molar-refractivity contribution in [2.24, 2.45) is 5.73 Å². The Morgan fingerprint density at radius 3 is 2.65 bits per heavy atom. The lowest BCUT2D eigenvalue weighted by atomic mass is 10.1. The summed E-state index contributed by atoms with van der Waals surface area (Å²) in [6.07, 6.45) is 0.970. The van der Waals surface area contributed by atoms with E-state index in [1.165, 1.54) is 0 Å². The summed E-state index contributed by atoms with van der Waals surface area (Å²) in [6.45, 7) is 2.01. The standard InChI is InChI=1S/C14H22N4O2/c1-16-8-5-9-18(2)10-13(19)17-12-7-4-3-6-11(12)14(15)20/h3-4,6-7,16H,5,8-10H2,1-2H3,(H2,15,20)(H,17,19). The minimum atomic E-state index is -0.553. The summed E-state index contributed by atoms with van der Waals surface area (Å²) in [6, 6.07) is 6.71. The number of carbonyl (C=O) groups excluding carboxylic acids is 2. The molecule has 0 saturated carbocycles. The second-order valence-electron chi connectivity index (χ2n) is 4.65. The molecule has 0 aliphatic rings. The van der Waals surface area contributed by atoms with E-state index in [4.69, 9.17) is 5.73 Å². The zero-order chi connectivity index (χ0) is 15.0. The van der Waals surface area contributed by atoms with Crippen molar-refractivity contribution < 1.29 is 9.59 Å². The first-order chi connectivity index (χ1) is 9.54. The molecule has 0 saturated heterocycles. The van der Waals surface area contributed by atoms with Crippen molar-refractivity contribution in [3.8, 4) is 0 Å². The Hall–Kier alpha value is -1.92. The lowest BCUT2D eigenvalue weighted by Gasteiger charge is -2.16. The Kier molecular flexibility index (Phi) is 6.69. The highest BCUT2D eigenvalue weighted by Gasteiger charge is 2.11. The van der Waals surface area contributed by atoms with Crippen LogP contribution in [0.5, 0.6) is 0 Å². The summed E-state index contributed by atoms with van der Waals surface area (Å²) in [4.78, 5) is 25.1. The number of rotatable bonds is 8. The van der Waals surface area contributed by atoms with Gasteiger partial charge in [0.15, 0.2) is 0 Å². The van der Waals surface area contributed by atoms with Gasteiger partial charge in [0, 0.05) is 0 Å². The SMILES string of the molecule is CNCCCN(C)CC(=O)Nc1ccccc1C(N)=O. The van der Waals surface area contributed by atoms with Gasteiger partial charge < -0.3 is 16.4 Å². The molecule has 0 spiro atoms. The summed E-state index contributed by atoms with van der Waals surface area (Å²) >= 11 is 0. The molecule has 110 valence electrons. The van der Waals surface area contributed by atoms with Crippen LogP contribution in [0.3, 0.4) is 0 Å². The van der Waals surface area contributed by atoms with Crippen LogP contribution >= 0.6 is 0 Å². The largest absolute Gasteiger partial charge is 0.366 e. The minimum absolute atomic E-state index is 0.161. The smallest absolute Gasteiger partial charge is 0.250 e. The van der Waals surface area contributed by atoms with Crippen molar-refractivity contribution >= 4 is 17.5 Å². The molecule has 0 fully saturated rings. The number of nitrogens with two attached hydrogens (primary N) is 1. The van der Waals surface area contributed by atoms with E-state index in [2.05, 4.69) is 10.6 Å². The van der Waals surface area contributed by atoms with E-state index in [0.29, 0.717) is 11.3 Å². The molecule has 0 aliphatic carbocycles. The first-order valence-electron chi connectivity index (χ1n) is 6.56. The Bertz CT molecular complexity index is 462. The van der Waals surface area contributed by atoms with E-state index in [1.807, 2.05) is 19.0 Å². The number of para-hydroxylation sites is 1. The number of nitrogens with one attached hydrogen (secondary N) is 2. The van der Waals surface area contributed by atoms with E-state index in [-0.39, 0.29) is 12.5 Å². The van der Waals surface area contributed by atoms with E-state index >= 15 is 0 Å². The van der Waals surface area contributed by atoms with Crippen molar-refractivity contribution in [3.63, 3.8) is 0 Å². The minimum Gasteiger partial charge on any atom is -0.366 e. The average Bonchev–Trinajstić information content (AvgIpc) is 2.39. The Balaban J connectivity index is 2.52. The van der Waals surface area contributed by atoms with Crippen molar-refractivity contribution in [2.45, 2.75) is 6.42 Å². The third-order valence-electron chi connectivity index (χ3n) is 2.85. The van der Waals surface area contributed by atoms with Crippen LogP contribution in [0.2, 0.25) is 0 Å². The molecule has 20 heavy (non-hydrogen) atoms. The molecular weight excluding hydrogens is 256 g/mol. The van der Waals surface area contributed by atoms with Gasteiger partial charge in [-0.2, -0.15) is 0 Å². The Labute approximate surface area is 119 Å². The van der Waals surface area contributed by atoms with E-state index < -0.39 is 5.91 Å². The zero-order valence-corrected chi connectivity index (χ0v) is 12.0. The van der Waals surface area contributed by atoms with E-state index in [1.54, 1.807) is 24.3 Å². The molecule has 6 nitrogen and oxygen atoms in total. The van der Waals surface area contributed by atoms with E-state index in [0.717, 1.165) is 19.5 Å². The van der Waals surface area contributed by atoms with Gasteiger partial charge in [-0.1, -0.05) is 12.1 Å². The molecule has 0 aromatic heterocycles. The number of nitrogens with zero attached hydrogens (tertiary/aromatic N) is 1. The molecule has 0 radical (unpaired) electrons. The molecular formula is C14H22N4O2. The third-order valence-corrected chi connectivity index (χ3v) is 2.85. The molecule has 2 amide bonds. The fourth-order valence-corrected chi connectivity index (χ4v) is 1.85. The van der Waals surface area contributed by atoms with Crippen LogP contribution in [0.25, 0.3) is 0 Å². The van der Waals surface area contributed by atoms with Crippen molar-refractivity contribution in [1.29, 1.82) is 0 Å². The van der Waals surface area contributed by atoms with Gasteiger partial charge >= 0.3 is 0 Å². The van der Waals surface area contributed by atoms with Crippen molar-refractivity contribution in [1.82, 2.24) is 10.2 Å². The van der Waals surface area contributed by atoms with Gasteiger partial charge in [-0.25, -0.2) is 0 Å².